The maximum Gasteiger partial charge on any atom is 0.214 e. The molecular formula is C13H13FN2O2. The predicted octanol–water partition coefficient (Wildman–Crippen LogP) is 2.81. The van der Waals surface area contributed by atoms with E-state index in [0.717, 1.165) is 0 Å². The van der Waals surface area contributed by atoms with Gasteiger partial charge in [-0.15, -0.1) is 0 Å². The van der Waals surface area contributed by atoms with E-state index in [1.54, 1.807) is 19.1 Å². The molecule has 5 heteroatoms. The molecule has 0 bridgehead atoms. The van der Waals surface area contributed by atoms with Crippen LogP contribution >= 0.6 is 0 Å². The summed E-state index contributed by atoms with van der Waals surface area (Å²) >= 11 is 0. The van der Waals surface area contributed by atoms with Gasteiger partial charge in [-0.2, -0.15) is 4.39 Å². The van der Waals surface area contributed by atoms with E-state index in [4.69, 9.17) is 0 Å². The summed E-state index contributed by atoms with van der Waals surface area (Å²) in [5.74, 6) is -0.0922. The van der Waals surface area contributed by atoms with Crippen LogP contribution in [0.3, 0.4) is 0 Å². The second kappa shape index (κ2) is 4.91. The molecule has 0 saturated carbocycles. The van der Waals surface area contributed by atoms with Crippen LogP contribution in [0.1, 0.15) is 18.5 Å². The van der Waals surface area contributed by atoms with E-state index in [1.165, 1.54) is 24.3 Å². The molecular weight excluding hydrogens is 235 g/mol. The lowest BCUT2D eigenvalue weighted by molar-refractivity contribution is 0.451. The van der Waals surface area contributed by atoms with E-state index in [9.17, 15) is 14.6 Å². The summed E-state index contributed by atoms with van der Waals surface area (Å²) in [5, 5.41) is 22.0. The number of aromatic hydroxyl groups is 2. The number of hydrogen-bond donors (Lipinski definition) is 3. The number of pyridine rings is 1. The highest BCUT2D eigenvalue weighted by Gasteiger charge is 2.11. The topological polar surface area (TPSA) is 65.4 Å². The van der Waals surface area contributed by atoms with Crippen LogP contribution in [0, 0.1) is 5.95 Å². The van der Waals surface area contributed by atoms with Gasteiger partial charge >= 0.3 is 0 Å². The number of phenolic OH excluding ortho intramolecular Hbond substituents is 2. The predicted molar refractivity (Wildman–Crippen MR) is 66.0 cm³/mol. The standard InChI is InChI=1S/C13H13FN2O2/c1-8(10-7-9(17)5-6-11(10)18)15-13-4-2-3-12(14)16-13/h2-8,17-18H,1H3,(H,15,16). The highest BCUT2D eigenvalue weighted by Crippen LogP contribution is 2.29. The molecule has 0 spiro atoms. The Bertz CT molecular complexity index is 560. The lowest BCUT2D eigenvalue weighted by Gasteiger charge is -2.16. The Hall–Kier alpha value is -2.30. The van der Waals surface area contributed by atoms with Gasteiger partial charge < -0.3 is 15.5 Å². The van der Waals surface area contributed by atoms with Crippen LogP contribution in [-0.2, 0) is 0 Å². The number of hydrogen-bond acceptors (Lipinski definition) is 4. The van der Waals surface area contributed by atoms with Crippen molar-refractivity contribution in [1.29, 1.82) is 0 Å². The molecule has 2 rings (SSSR count). The molecule has 0 saturated heterocycles. The number of nitrogens with one attached hydrogen (secondary N) is 1. The molecule has 1 unspecified atom stereocenters. The molecule has 2 aromatic rings. The van der Waals surface area contributed by atoms with Gasteiger partial charge in [-0.3, -0.25) is 0 Å². The average Bonchev–Trinajstić information content (AvgIpc) is 2.32. The smallest absolute Gasteiger partial charge is 0.214 e. The number of benzene rings is 1. The molecule has 0 aliphatic carbocycles. The molecule has 3 N–H and O–H groups in total. The third kappa shape index (κ3) is 2.68. The summed E-state index contributed by atoms with van der Waals surface area (Å²) in [6.07, 6.45) is 0. The van der Waals surface area contributed by atoms with Crippen molar-refractivity contribution in [3.05, 3.63) is 47.9 Å². The fraction of sp³-hybridized carbons (Fsp3) is 0.154. The number of nitrogens with zero attached hydrogens (tertiary/aromatic N) is 1. The molecule has 18 heavy (non-hydrogen) atoms. The first kappa shape index (κ1) is 12.2. The van der Waals surface area contributed by atoms with Crippen LogP contribution in [0.2, 0.25) is 0 Å². The zero-order valence-corrected chi connectivity index (χ0v) is 9.76. The van der Waals surface area contributed by atoms with Crippen LogP contribution in [0.5, 0.6) is 11.5 Å². The Morgan fingerprint density at radius 2 is 2.00 bits per heavy atom. The first-order valence-corrected chi connectivity index (χ1v) is 5.47. The van der Waals surface area contributed by atoms with Gasteiger partial charge in [0.2, 0.25) is 5.95 Å². The van der Waals surface area contributed by atoms with E-state index in [1.807, 2.05) is 0 Å². The van der Waals surface area contributed by atoms with Crippen molar-refractivity contribution in [3.63, 3.8) is 0 Å². The third-order valence-electron chi connectivity index (χ3n) is 2.56. The summed E-state index contributed by atoms with van der Waals surface area (Å²) in [5.41, 5.74) is 0.515. The summed E-state index contributed by atoms with van der Waals surface area (Å²) in [6, 6.07) is 8.35. The van der Waals surface area contributed by atoms with E-state index < -0.39 is 5.95 Å². The highest BCUT2D eigenvalue weighted by molar-refractivity contribution is 5.45. The van der Waals surface area contributed by atoms with Crippen LogP contribution in [0.25, 0.3) is 0 Å². The summed E-state index contributed by atoms with van der Waals surface area (Å²) in [7, 11) is 0. The third-order valence-corrected chi connectivity index (χ3v) is 2.56. The molecule has 1 heterocycles. The number of aromatic nitrogens is 1. The van der Waals surface area contributed by atoms with E-state index in [-0.39, 0.29) is 17.5 Å². The van der Waals surface area contributed by atoms with Gasteiger partial charge in [-0.05, 0) is 37.3 Å². The van der Waals surface area contributed by atoms with Crippen LogP contribution in [-0.4, -0.2) is 15.2 Å². The molecule has 0 aliphatic heterocycles. The van der Waals surface area contributed by atoms with Crippen molar-refractivity contribution < 1.29 is 14.6 Å². The monoisotopic (exact) mass is 248 g/mol. The first-order valence-electron chi connectivity index (χ1n) is 5.47. The second-order valence-corrected chi connectivity index (χ2v) is 3.95. The summed E-state index contributed by atoms with van der Waals surface area (Å²) in [6.45, 7) is 1.78. The Morgan fingerprint density at radius 1 is 1.22 bits per heavy atom. The maximum atomic E-state index is 12.9. The van der Waals surface area contributed by atoms with Gasteiger partial charge in [0.1, 0.15) is 17.3 Å². The van der Waals surface area contributed by atoms with Crippen molar-refractivity contribution in [3.8, 4) is 11.5 Å². The van der Waals surface area contributed by atoms with Gasteiger partial charge in [-0.1, -0.05) is 6.07 Å². The summed E-state index contributed by atoms with van der Waals surface area (Å²) < 4.78 is 12.9. The van der Waals surface area contributed by atoms with Gasteiger partial charge in [0.25, 0.3) is 0 Å². The number of phenols is 2. The quantitative estimate of drug-likeness (QED) is 0.577. The van der Waals surface area contributed by atoms with E-state index in [0.29, 0.717) is 11.4 Å². The molecule has 0 fully saturated rings. The molecule has 1 aromatic heterocycles. The van der Waals surface area contributed by atoms with Crippen LogP contribution < -0.4 is 5.32 Å². The Kier molecular flexibility index (Phi) is 3.32. The normalized spacial score (nSPS) is 12.1. The zero-order valence-electron chi connectivity index (χ0n) is 9.76. The molecule has 1 aromatic carbocycles. The Labute approximate surface area is 104 Å². The van der Waals surface area contributed by atoms with Gasteiger partial charge in [0, 0.05) is 5.56 Å². The minimum atomic E-state index is -0.577. The lowest BCUT2D eigenvalue weighted by atomic mass is 10.1. The second-order valence-electron chi connectivity index (χ2n) is 3.95. The Balaban J connectivity index is 2.21. The van der Waals surface area contributed by atoms with Gasteiger partial charge in [0.05, 0.1) is 6.04 Å². The molecule has 94 valence electrons. The SMILES string of the molecule is CC(Nc1cccc(F)n1)c1cc(O)ccc1O. The van der Waals surface area contributed by atoms with Crippen molar-refractivity contribution in [2.75, 3.05) is 5.32 Å². The van der Waals surface area contributed by atoms with Crippen molar-refractivity contribution in [2.45, 2.75) is 13.0 Å². The Morgan fingerprint density at radius 3 is 2.72 bits per heavy atom. The first-order chi connectivity index (χ1) is 8.56. The minimum Gasteiger partial charge on any atom is -0.508 e. The zero-order chi connectivity index (χ0) is 13.1. The van der Waals surface area contributed by atoms with Crippen LogP contribution in [0.4, 0.5) is 10.2 Å². The molecule has 1 atom stereocenters. The fourth-order valence-corrected chi connectivity index (χ4v) is 1.68. The van der Waals surface area contributed by atoms with Crippen LogP contribution in [0.15, 0.2) is 36.4 Å². The van der Waals surface area contributed by atoms with E-state index in [2.05, 4.69) is 10.3 Å². The number of halogens is 1. The minimum absolute atomic E-state index is 0.0589. The number of anilines is 1. The van der Waals surface area contributed by atoms with Gasteiger partial charge in [-0.25, -0.2) is 4.98 Å². The lowest BCUT2D eigenvalue weighted by Crippen LogP contribution is -2.08. The molecule has 0 radical (unpaired) electrons. The maximum absolute atomic E-state index is 12.9. The molecule has 0 amide bonds. The molecule has 0 aliphatic rings. The number of rotatable bonds is 3. The largest absolute Gasteiger partial charge is 0.508 e. The molecule has 4 nitrogen and oxygen atoms in total. The fourth-order valence-electron chi connectivity index (χ4n) is 1.68. The average molecular weight is 248 g/mol. The van der Waals surface area contributed by atoms with Gasteiger partial charge in [0.15, 0.2) is 0 Å². The highest BCUT2D eigenvalue weighted by atomic mass is 19.1. The van der Waals surface area contributed by atoms with Crippen molar-refractivity contribution in [1.82, 2.24) is 4.98 Å². The van der Waals surface area contributed by atoms with Crippen molar-refractivity contribution in [2.24, 2.45) is 0 Å². The summed E-state index contributed by atoms with van der Waals surface area (Å²) in [4.78, 5) is 3.67. The van der Waals surface area contributed by atoms with E-state index >= 15 is 0 Å². The van der Waals surface area contributed by atoms with Crippen molar-refractivity contribution >= 4 is 5.82 Å².